The van der Waals surface area contributed by atoms with Crippen LogP contribution in [0.1, 0.15) is 6.92 Å². The summed E-state index contributed by atoms with van der Waals surface area (Å²) < 4.78 is 4.89. The summed E-state index contributed by atoms with van der Waals surface area (Å²) >= 11 is 0. The smallest absolute Gasteiger partial charge is 0.358 e. The molecule has 1 aromatic carbocycles. The van der Waals surface area contributed by atoms with Gasteiger partial charge in [0.15, 0.2) is 5.70 Å². The van der Waals surface area contributed by atoms with E-state index in [2.05, 4.69) is 10.3 Å². The maximum Gasteiger partial charge on any atom is 0.358 e. The normalized spacial score (nSPS) is 13.5. The van der Waals surface area contributed by atoms with Gasteiger partial charge in [-0.25, -0.2) is 9.86 Å². The molecule has 3 rings (SSSR count). The second-order valence-electron chi connectivity index (χ2n) is 4.24. The van der Waals surface area contributed by atoms with Crippen molar-refractivity contribution in [2.45, 2.75) is 6.92 Å². The average Bonchev–Trinajstić information content (AvgIpc) is 2.47. The first kappa shape index (κ1) is 12.4. The molecule has 0 radical (unpaired) electrons. The van der Waals surface area contributed by atoms with E-state index in [1.54, 1.807) is 25.3 Å². The van der Waals surface area contributed by atoms with Crippen molar-refractivity contribution in [2.75, 3.05) is 17.0 Å². The Bertz CT molecular complexity index is 712. The number of nitrogens with zero attached hydrogens (tertiary/aromatic N) is 2. The molecule has 1 aromatic heterocycles. The molecule has 0 bridgehead atoms. The summed E-state index contributed by atoms with van der Waals surface area (Å²) in [6.07, 6.45) is 3.13. The lowest BCUT2D eigenvalue weighted by atomic mass is 10.1. The summed E-state index contributed by atoms with van der Waals surface area (Å²) in [5.41, 5.74) is 2.03. The Hall–Kier alpha value is -2.60. The molecule has 20 heavy (non-hydrogen) atoms. The van der Waals surface area contributed by atoms with Gasteiger partial charge in [0.1, 0.15) is 0 Å². The number of benzene rings is 1. The molecule has 1 aliphatic heterocycles. The van der Waals surface area contributed by atoms with Crippen LogP contribution >= 0.6 is 0 Å². The molecule has 6 nitrogen and oxygen atoms in total. The maximum atomic E-state index is 11.7. The van der Waals surface area contributed by atoms with E-state index in [1.165, 1.54) is 6.20 Å². The molecule has 0 saturated heterocycles. The highest BCUT2D eigenvalue weighted by molar-refractivity contribution is 6.03. The molecule has 0 atom stereocenters. The van der Waals surface area contributed by atoms with Crippen molar-refractivity contribution >= 4 is 28.2 Å². The SMILES string of the molecule is CCOC(=O)C1=CNc2c(ccc3ncccc23)N1O. The maximum absolute atomic E-state index is 11.7. The number of esters is 1. The molecule has 2 N–H and O–H groups in total. The Morgan fingerprint density at radius 2 is 2.30 bits per heavy atom. The Balaban J connectivity index is 2.07. The van der Waals surface area contributed by atoms with Crippen molar-refractivity contribution < 1.29 is 14.7 Å². The zero-order chi connectivity index (χ0) is 14.1. The molecule has 0 aliphatic carbocycles. The number of nitrogens with one attached hydrogen (secondary N) is 1. The molecule has 102 valence electrons. The highest BCUT2D eigenvalue weighted by atomic mass is 16.5. The lowest BCUT2D eigenvalue weighted by molar-refractivity contribution is -0.139. The van der Waals surface area contributed by atoms with Gasteiger partial charge in [0, 0.05) is 17.8 Å². The number of ether oxygens (including phenoxy) is 1. The Labute approximate surface area is 115 Å². The van der Waals surface area contributed by atoms with E-state index in [1.807, 2.05) is 12.1 Å². The molecule has 0 spiro atoms. The van der Waals surface area contributed by atoms with Gasteiger partial charge in [-0.3, -0.25) is 10.2 Å². The van der Waals surface area contributed by atoms with E-state index >= 15 is 0 Å². The molecule has 2 heterocycles. The van der Waals surface area contributed by atoms with E-state index < -0.39 is 5.97 Å². The van der Waals surface area contributed by atoms with Crippen molar-refractivity contribution in [1.82, 2.24) is 4.98 Å². The molecule has 6 heteroatoms. The number of hydrogen-bond acceptors (Lipinski definition) is 6. The van der Waals surface area contributed by atoms with Crippen LogP contribution in [0.25, 0.3) is 10.9 Å². The van der Waals surface area contributed by atoms with Gasteiger partial charge in [-0.05, 0) is 31.2 Å². The molecular weight excluding hydrogens is 258 g/mol. The quantitative estimate of drug-likeness (QED) is 0.816. The summed E-state index contributed by atoms with van der Waals surface area (Å²) in [5, 5.41) is 14.9. The Morgan fingerprint density at radius 3 is 3.10 bits per heavy atom. The van der Waals surface area contributed by atoms with Crippen LogP contribution < -0.4 is 10.4 Å². The van der Waals surface area contributed by atoms with Crippen LogP contribution in [0.15, 0.2) is 42.4 Å². The Kier molecular flexibility index (Phi) is 3.00. The zero-order valence-electron chi connectivity index (χ0n) is 10.8. The highest BCUT2D eigenvalue weighted by Crippen LogP contribution is 2.37. The predicted octanol–water partition coefficient (Wildman–Crippen LogP) is 2.26. The van der Waals surface area contributed by atoms with Gasteiger partial charge in [-0.2, -0.15) is 0 Å². The molecule has 0 saturated carbocycles. The molecule has 2 aromatic rings. The fourth-order valence-corrected chi connectivity index (χ4v) is 2.15. The van der Waals surface area contributed by atoms with E-state index in [9.17, 15) is 10.0 Å². The molecule has 0 unspecified atom stereocenters. The predicted molar refractivity (Wildman–Crippen MR) is 74.3 cm³/mol. The topological polar surface area (TPSA) is 74.7 Å². The first-order valence-electron chi connectivity index (χ1n) is 6.23. The minimum atomic E-state index is -0.584. The van der Waals surface area contributed by atoms with E-state index in [4.69, 9.17) is 4.74 Å². The van der Waals surface area contributed by atoms with Gasteiger partial charge >= 0.3 is 5.97 Å². The van der Waals surface area contributed by atoms with Gasteiger partial charge in [-0.15, -0.1) is 0 Å². The van der Waals surface area contributed by atoms with Crippen molar-refractivity contribution in [1.29, 1.82) is 0 Å². The molecular formula is C14H13N3O3. The fourth-order valence-electron chi connectivity index (χ4n) is 2.15. The summed E-state index contributed by atoms with van der Waals surface area (Å²) in [6.45, 7) is 1.96. The van der Waals surface area contributed by atoms with E-state index in [-0.39, 0.29) is 12.3 Å². The molecule has 0 amide bonds. The lowest BCUT2D eigenvalue weighted by Gasteiger charge is -2.26. The number of anilines is 2. The fraction of sp³-hybridized carbons (Fsp3) is 0.143. The van der Waals surface area contributed by atoms with Crippen LogP contribution in [0.3, 0.4) is 0 Å². The van der Waals surface area contributed by atoms with Crippen LogP contribution in [-0.4, -0.2) is 22.8 Å². The van der Waals surface area contributed by atoms with Crippen LogP contribution in [0.2, 0.25) is 0 Å². The highest BCUT2D eigenvalue weighted by Gasteiger charge is 2.26. The van der Waals surface area contributed by atoms with Crippen LogP contribution in [0.5, 0.6) is 0 Å². The monoisotopic (exact) mass is 271 g/mol. The Morgan fingerprint density at radius 1 is 1.45 bits per heavy atom. The number of pyridine rings is 1. The third-order valence-electron chi connectivity index (χ3n) is 3.06. The number of hydrogen-bond donors (Lipinski definition) is 2. The number of rotatable bonds is 2. The van der Waals surface area contributed by atoms with Crippen molar-refractivity contribution in [3.05, 3.63) is 42.4 Å². The lowest BCUT2D eigenvalue weighted by Crippen LogP contribution is -2.29. The van der Waals surface area contributed by atoms with E-state index in [0.29, 0.717) is 11.4 Å². The second-order valence-corrected chi connectivity index (χ2v) is 4.24. The van der Waals surface area contributed by atoms with Gasteiger partial charge in [-0.1, -0.05) is 0 Å². The number of hydroxylamine groups is 1. The summed E-state index contributed by atoms with van der Waals surface area (Å²) in [5.74, 6) is -0.584. The largest absolute Gasteiger partial charge is 0.461 e. The summed E-state index contributed by atoms with van der Waals surface area (Å²) in [6, 6.07) is 7.19. The zero-order valence-corrected chi connectivity index (χ0v) is 10.8. The molecule has 0 fully saturated rings. The third kappa shape index (κ3) is 1.86. The first-order chi connectivity index (χ1) is 9.72. The van der Waals surface area contributed by atoms with Gasteiger partial charge in [0.05, 0.1) is 23.5 Å². The third-order valence-corrected chi connectivity index (χ3v) is 3.06. The van der Waals surface area contributed by atoms with Crippen molar-refractivity contribution in [3.8, 4) is 0 Å². The standard InChI is InChI=1S/C14H13N3O3/c1-2-20-14(18)12-8-16-13-9-4-3-7-15-10(9)5-6-11(13)17(12)19/h3-8,16,19H,2H2,1H3. The minimum Gasteiger partial charge on any atom is -0.461 e. The van der Waals surface area contributed by atoms with E-state index in [0.717, 1.165) is 16.0 Å². The summed E-state index contributed by atoms with van der Waals surface area (Å²) in [7, 11) is 0. The van der Waals surface area contributed by atoms with Crippen LogP contribution in [-0.2, 0) is 9.53 Å². The second kappa shape index (κ2) is 4.82. The van der Waals surface area contributed by atoms with Crippen LogP contribution in [0, 0.1) is 0 Å². The molecule has 1 aliphatic rings. The van der Waals surface area contributed by atoms with Gasteiger partial charge in [0.25, 0.3) is 0 Å². The number of fused-ring (bicyclic) bond motifs is 3. The van der Waals surface area contributed by atoms with Gasteiger partial charge < -0.3 is 10.1 Å². The van der Waals surface area contributed by atoms with Gasteiger partial charge in [0.2, 0.25) is 0 Å². The average molecular weight is 271 g/mol. The number of carbonyl (C=O) groups is 1. The number of carbonyl (C=O) groups excluding carboxylic acids is 1. The number of aromatic nitrogens is 1. The first-order valence-corrected chi connectivity index (χ1v) is 6.23. The van der Waals surface area contributed by atoms with Crippen LogP contribution in [0.4, 0.5) is 11.4 Å². The van der Waals surface area contributed by atoms with Crippen molar-refractivity contribution in [2.24, 2.45) is 0 Å². The summed E-state index contributed by atoms with van der Waals surface area (Å²) in [4.78, 5) is 16.0. The van der Waals surface area contributed by atoms with Crippen molar-refractivity contribution in [3.63, 3.8) is 0 Å². The minimum absolute atomic E-state index is 0.0441.